The normalized spacial score (nSPS) is 12.0. The van der Waals surface area contributed by atoms with Crippen molar-refractivity contribution in [2.24, 2.45) is 0 Å². The van der Waals surface area contributed by atoms with Gasteiger partial charge in [0.2, 0.25) is 0 Å². The van der Waals surface area contributed by atoms with Gasteiger partial charge in [-0.3, -0.25) is 9.10 Å². The number of aromatic nitrogens is 1. The molecule has 0 aliphatic heterocycles. The highest BCUT2D eigenvalue weighted by atomic mass is 32.2. The molecule has 0 bridgehead atoms. The number of carbonyl (C=O) groups is 1. The number of fused-ring (bicyclic) bond motifs is 1. The molecule has 3 aromatic rings. The molecule has 5 nitrogen and oxygen atoms in total. The van der Waals surface area contributed by atoms with Crippen molar-refractivity contribution in [1.29, 1.82) is 0 Å². The van der Waals surface area contributed by atoms with E-state index in [9.17, 15) is 13.2 Å². The lowest BCUT2D eigenvalue weighted by Gasteiger charge is -2.18. The first-order chi connectivity index (χ1) is 10.3. The SMILES string of the molecule is CC(=O)c1cc2sc(C)c(N(C)S(=O)(=O)c3cccs3)c2[nH]1. The number of Topliss-reactive ketones (excluding diaryl/α,β-unsaturated/α-hetero) is 1. The summed E-state index contributed by atoms with van der Waals surface area (Å²) in [7, 11) is -2.05. The fraction of sp³-hybridized carbons (Fsp3) is 0.214. The second-order valence-corrected chi connectivity index (χ2v) is 9.29. The standard InChI is InChI=1S/C14H14N2O3S3/c1-8(17)10-7-11-13(15-10)14(9(2)21-11)16(3)22(18,19)12-5-4-6-20-12/h4-7,15H,1-3H3. The summed E-state index contributed by atoms with van der Waals surface area (Å²) in [4.78, 5) is 15.4. The van der Waals surface area contributed by atoms with Gasteiger partial charge in [0.1, 0.15) is 4.21 Å². The number of hydrogen-bond donors (Lipinski definition) is 1. The zero-order chi connectivity index (χ0) is 16.1. The molecule has 116 valence electrons. The minimum atomic E-state index is -3.59. The minimum absolute atomic E-state index is 0.0734. The molecule has 0 aliphatic rings. The molecule has 0 atom stereocenters. The maximum atomic E-state index is 12.7. The van der Waals surface area contributed by atoms with E-state index < -0.39 is 10.0 Å². The van der Waals surface area contributed by atoms with Crippen molar-refractivity contribution in [1.82, 2.24) is 4.98 Å². The van der Waals surface area contributed by atoms with Crippen LogP contribution in [0.25, 0.3) is 10.2 Å². The summed E-state index contributed by atoms with van der Waals surface area (Å²) in [5, 5.41) is 1.74. The van der Waals surface area contributed by atoms with Crippen molar-refractivity contribution in [3.63, 3.8) is 0 Å². The first-order valence-corrected chi connectivity index (χ1v) is 9.61. The summed E-state index contributed by atoms with van der Waals surface area (Å²) in [5.41, 5.74) is 1.78. The van der Waals surface area contributed by atoms with E-state index in [2.05, 4.69) is 4.98 Å². The van der Waals surface area contributed by atoms with Gasteiger partial charge in [-0.2, -0.15) is 0 Å². The number of aryl methyl sites for hydroxylation is 1. The van der Waals surface area contributed by atoms with Crippen molar-refractivity contribution in [2.45, 2.75) is 18.1 Å². The predicted molar refractivity (Wildman–Crippen MR) is 90.8 cm³/mol. The number of H-pyrrole nitrogens is 1. The molecule has 0 saturated heterocycles. The second-order valence-electron chi connectivity index (χ2n) is 4.89. The monoisotopic (exact) mass is 354 g/mol. The molecule has 3 aromatic heterocycles. The summed E-state index contributed by atoms with van der Waals surface area (Å²) < 4.78 is 27.8. The van der Waals surface area contributed by atoms with Gasteiger partial charge in [-0.05, 0) is 24.4 Å². The van der Waals surface area contributed by atoms with E-state index in [-0.39, 0.29) is 5.78 Å². The molecule has 8 heteroatoms. The molecule has 0 aromatic carbocycles. The number of hydrogen-bond acceptors (Lipinski definition) is 5. The lowest BCUT2D eigenvalue weighted by Crippen LogP contribution is -2.26. The number of nitrogens with one attached hydrogen (secondary N) is 1. The van der Waals surface area contributed by atoms with Crippen LogP contribution in [0.2, 0.25) is 0 Å². The summed E-state index contributed by atoms with van der Waals surface area (Å²) in [6.07, 6.45) is 0. The van der Waals surface area contributed by atoms with Gasteiger partial charge in [0.15, 0.2) is 5.78 Å². The van der Waals surface area contributed by atoms with Crippen molar-refractivity contribution in [3.8, 4) is 0 Å². The average Bonchev–Trinajstić information content (AvgIpc) is 3.11. The van der Waals surface area contributed by atoms with E-state index in [4.69, 9.17) is 0 Å². The van der Waals surface area contributed by atoms with Crippen molar-refractivity contribution in [3.05, 3.63) is 34.2 Å². The fourth-order valence-electron chi connectivity index (χ4n) is 2.32. The number of nitrogens with zero attached hydrogens (tertiary/aromatic N) is 1. The van der Waals surface area contributed by atoms with Crippen LogP contribution < -0.4 is 4.31 Å². The van der Waals surface area contributed by atoms with Crippen LogP contribution in [0.15, 0.2) is 27.8 Å². The van der Waals surface area contributed by atoms with E-state index in [0.29, 0.717) is 21.1 Å². The first-order valence-electron chi connectivity index (χ1n) is 6.48. The molecule has 0 unspecified atom stereocenters. The average molecular weight is 354 g/mol. The molecule has 3 heterocycles. The van der Waals surface area contributed by atoms with Crippen LogP contribution in [-0.2, 0) is 10.0 Å². The number of thiophene rings is 2. The highest BCUT2D eigenvalue weighted by molar-refractivity contribution is 7.94. The maximum absolute atomic E-state index is 12.7. The van der Waals surface area contributed by atoms with E-state index in [0.717, 1.165) is 9.58 Å². The number of aromatic amines is 1. The highest BCUT2D eigenvalue weighted by Crippen LogP contribution is 2.39. The van der Waals surface area contributed by atoms with Crippen LogP contribution >= 0.6 is 22.7 Å². The molecule has 1 N–H and O–H groups in total. The molecule has 0 radical (unpaired) electrons. The Hall–Kier alpha value is -1.64. The topological polar surface area (TPSA) is 70.2 Å². The van der Waals surface area contributed by atoms with Crippen molar-refractivity contribution in [2.75, 3.05) is 11.4 Å². The highest BCUT2D eigenvalue weighted by Gasteiger charge is 2.27. The van der Waals surface area contributed by atoms with Crippen LogP contribution in [-0.4, -0.2) is 26.2 Å². The predicted octanol–water partition coefficient (Wildman–Crippen LogP) is 3.63. The Bertz CT molecular complexity index is 949. The Morgan fingerprint density at radius 3 is 2.68 bits per heavy atom. The van der Waals surface area contributed by atoms with E-state index >= 15 is 0 Å². The number of anilines is 1. The van der Waals surface area contributed by atoms with Crippen LogP contribution in [0, 0.1) is 6.92 Å². The molecule has 0 aliphatic carbocycles. The number of carbonyl (C=O) groups excluding carboxylic acids is 1. The van der Waals surface area contributed by atoms with Gasteiger partial charge in [-0.15, -0.1) is 22.7 Å². The molecule has 0 fully saturated rings. The van der Waals surface area contributed by atoms with Crippen LogP contribution in [0.4, 0.5) is 5.69 Å². The van der Waals surface area contributed by atoms with E-state index in [1.165, 1.54) is 41.0 Å². The van der Waals surface area contributed by atoms with E-state index in [1.54, 1.807) is 23.6 Å². The first kappa shape index (κ1) is 15.3. The number of ketones is 1. The van der Waals surface area contributed by atoms with Gasteiger partial charge in [0.05, 0.1) is 21.6 Å². The molecule has 3 rings (SSSR count). The number of rotatable bonds is 4. The van der Waals surface area contributed by atoms with Gasteiger partial charge in [-0.1, -0.05) is 6.07 Å². The van der Waals surface area contributed by atoms with Crippen LogP contribution in [0.3, 0.4) is 0 Å². The van der Waals surface area contributed by atoms with Gasteiger partial charge in [0, 0.05) is 18.8 Å². The Balaban J connectivity index is 2.17. The van der Waals surface area contributed by atoms with Crippen LogP contribution in [0.1, 0.15) is 22.3 Å². The van der Waals surface area contributed by atoms with Crippen molar-refractivity contribution >= 4 is 54.4 Å². The molecular formula is C14H14N2O3S3. The summed E-state index contributed by atoms with van der Waals surface area (Å²) in [5.74, 6) is -0.0734. The Morgan fingerprint density at radius 2 is 2.09 bits per heavy atom. The molecule has 0 amide bonds. The maximum Gasteiger partial charge on any atom is 0.273 e. The zero-order valence-corrected chi connectivity index (χ0v) is 14.7. The zero-order valence-electron chi connectivity index (χ0n) is 12.2. The molecule has 22 heavy (non-hydrogen) atoms. The quantitative estimate of drug-likeness (QED) is 0.727. The van der Waals surface area contributed by atoms with Crippen molar-refractivity contribution < 1.29 is 13.2 Å². The Morgan fingerprint density at radius 1 is 1.36 bits per heavy atom. The summed E-state index contributed by atoms with van der Waals surface area (Å²) >= 11 is 2.66. The third-order valence-electron chi connectivity index (χ3n) is 3.42. The summed E-state index contributed by atoms with van der Waals surface area (Å²) in [6.45, 7) is 3.36. The molecule has 0 saturated carbocycles. The molecular weight excluding hydrogens is 340 g/mol. The largest absolute Gasteiger partial charge is 0.350 e. The third-order valence-corrected chi connectivity index (χ3v) is 7.59. The minimum Gasteiger partial charge on any atom is -0.350 e. The van der Waals surface area contributed by atoms with Gasteiger partial charge >= 0.3 is 0 Å². The third kappa shape index (κ3) is 2.27. The lowest BCUT2D eigenvalue weighted by atomic mass is 10.3. The number of sulfonamides is 1. The fourth-order valence-corrected chi connectivity index (χ4v) is 5.89. The Kier molecular flexibility index (Phi) is 3.62. The van der Waals surface area contributed by atoms with Crippen LogP contribution in [0.5, 0.6) is 0 Å². The lowest BCUT2D eigenvalue weighted by molar-refractivity contribution is 0.101. The van der Waals surface area contributed by atoms with Gasteiger partial charge in [-0.25, -0.2) is 8.42 Å². The second kappa shape index (κ2) is 5.22. The van der Waals surface area contributed by atoms with E-state index in [1.807, 2.05) is 6.92 Å². The Labute approximate surface area is 136 Å². The smallest absolute Gasteiger partial charge is 0.273 e. The molecule has 0 spiro atoms. The van der Waals surface area contributed by atoms with Gasteiger partial charge < -0.3 is 4.98 Å². The summed E-state index contributed by atoms with van der Waals surface area (Å²) in [6, 6.07) is 5.07. The van der Waals surface area contributed by atoms with Gasteiger partial charge in [0.25, 0.3) is 10.0 Å².